The topological polar surface area (TPSA) is 63.4 Å². The molecule has 2 rings (SSSR count). The van der Waals surface area contributed by atoms with Gasteiger partial charge in [-0.05, 0) is 31.0 Å². The van der Waals surface area contributed by atoms with E-state index >= 15 is 0 Å². The van der Waals surface area contributed by atoms with E-state index in [4.69, 9.17) is 18.0 Å². The van der Waals surface area contributed by atoms with Crippen LogP contribution in [0.5, 0.6) is 0 Å². The first-order valence-electron chi connectivity index (χ1n) is 5.96. The maximum atomic E-state index is 12.5. The Labute approximate surface area is 127 Å². The zero-order valence-electron chi connectivity index (χ0n) is 10.3. The molecule has 1 aliphatic rings. The fourth-order valence-corrected chi connectivity index (χ4v) is 4.46. The molecule has 1 saturated heterocycles. The number of rotatable bonds is 3. The van der Waals surface area contributed by atoms with Crippen LogP contribution in [0.3, 0.4) is 0 Å². The quantitative estimate of drug-likeness (QED) is 0.836. The van der Waals surface area contributed by atoms with Crippen LogP contribution in [0.25, 0.3) is 0 Å². The summed E-state index contributed by atoms with van der Waals surface area (Å²) in [5, 5.41) is 0. The molecule has 1 aliphatic heterocycles. The van der Waals surface area contributed by atoms with Gasteiger partial charge in [0.05, 0.1) is 9.88 Å². The zero-order chi connectivity index (χ0) is 14.0. The molecule has 0 spiro atoms. The summed E-state index contributed by atoms with van der Waals surface area (Å²) in [4.78, 5) is 0.801. The molecule has 0 atom stereocenters. The van der Waals surface area contributed by atoms with Gasteiger partial charge in [0.25, 0.3) is 0 Å². The SMILES string of the molecule is NC(=S)C1CCN(S(=O)(=O)c2cccc(Br)c2)CC1. The molecular formula is C12H15BrN2O2S2. The highest BCUT2D eigenvalue weighted by Crippen LogP contribution is 2.25. The molecule has 0 aliphatic carbocycles. The molecule has 4 nitrogen and oxygen atoms in total. The number of benzene rings is 1. The molecule has 0 bridgehead atoms. The highest BCUT2D eigenvalue weighted by Gasteiger charge is 2.30. The van der Waals surface area contributed by atoms with Crippen LogP contribution in [0.2, 0.25) is 0 Å². The molecule has 0 saturated carbocycles. The van der Waals surface area contributed by atoms with Crippen molar-refractivity contribution in [2.45, 2.75) is 17.7 Å². The summed E-state index contributed by atoms with van der Waals surface area (Å²) >= 11 is 8.25. The van der Waals surface area contributed by atoms with Crippen molar-refractivity contribution in [2.75, 3.05) is 13.1 Å². The molecule has 19 heavy (non-hydrogen) atoms. The fourth-order valence-electron chi connectivity index (χ4n) is 2.16. The first-order chi connectivity index (χ1) is 8.91. The van der Waals surface area contributed by atoms with Gasteiger partial charge in [-0.1, -0.05) is 34.2 Å². The molecular weight excluding hydrogens is 348 g/mol. The molecule has 1 aromatic carbocycles. The Balaban J connectivity index is 2.16. The van der Waals surface area contributed by atoms with Crippen LogP contribution < -0.4 is 5.73 Å². The highest BCUT2D eigenvalue weighted by atomic mass is 79.9. The van der Waals surface area contributed by atoms with Gasteiger partial charge in [-0.2, -0.15) is 4.31 Å². The Bertz CT molecular complexity index is 581. The smallest absolute Gasteiger partial charge is 0.243 e. The Hall–Kier alpha value is -0.500. The van der Waals surface area contributed by atoms with Crippen LogP contribution >= 0.6 is 28.1 Å². The summed E-state index contributed by atoms with van der Waals surface area (Å²) in [7, 11) is -3.41. The lowest BCUT2D eigenvalue weighted by molar-refractivity contribution is 0.316. The summed E-state index contributed by atoms with van der Waals surface area (Å²) in [6, 6.07) is 6.76. The van der Waals surface area contributed by atoms with E-state index in [1.54, 1.807) is 24.3 Å². The van der Waals surface area contributed by atoms with Crippen LogP contribution in [0.4, 0.5) is 0 Å². The summed E-state index contributed by atoms with van der Waals surface area (Å²) in [5.74, 6) is 0.156. The Morgan fingerprint density at radius 1 is 1.37 bits per heavy atom. The molecule has 104 valence electrons. The predicted octanol–water partition coefficient (Wildman–Crippen LogP) is 2.14. The van der Waals surface area contributed by atoms with Gasteiger partial charge in [-0.15, -0.1) is 0 Å². The third-order valence-corrected chi connectivity index (χ3v) is 6.01. The third-order valence-electron chi connectivity index (χ3n) is 3.29. The second-order valence-electron chi connectivity index (χ2n) is 4.54. The van der Waals surface area contributed by atoms with E-state index in [0.717, 1.165) is 4.47 Å². The summed E-state index contributed by atoms with van der Waals surface area (Å²) < 4.78 is 27.2. The monoisotopic (exact) mass is 362 g/mol. The zero-order valence-corrected chi connectivity index (χ0v) is 13.5. The minimum Gasteiger partial charge on any atom is -0.393 e. The number of nitrogens with zero attached hydrogens (tertiary/aromatic N) is 1. The Kier molecular flexibility index (Phi) is 4.60. The largest absolute Gasteiger partial charge is 0.393 e. The van der Waals surface area contributed by atoms with E-state index in [-0.39, 0.29) is 5.92 Å². The highest BCUT2D eigenvalue weighted by molar-refractivity contribution is 9.10. The standard InChI is InChI=1S/C12H15BrN2O2S2/c13-10-2-1-3-11(8-10)19(16,17)15-6-4-9(5-7-15)12(14)18/h1-3,8-9H,4-7H2,(H2,14,18). The predicted molar refractivity (Wildman–Crippen MR) is 82.4 cm³/mol. The number of thiocarbonyl (C=S) groups is 1. The maximum absolute atomic E-state index is 12.5. The number of sulfonamides is 1. The lowest BCUT2D eigenvalue weighted by atomic mass is 9.98. The molecule has 0 amide bonds. The van der Waals surface area contributed by atoms with Gasteiger partial charge in [0.15, 0.2) is 0 Å². The van der Waals surface area contributed by atoms with E-state index in [1.165, 1.54) is 4.31 Å². The molecule has 1 heterocycles. The van der Waals surface area contributed by atoms with Crippen LogP contribution in [-0.2, 0) is 10.0 Å². The van der Waals surface area contributed by atoms with Gasteiger partial charge in [-0.3, -0.25) is 0 Å². The van der Waals surface area contributed by atoms with Crippen molar-refractivity contribution in [3.8, 4) is 0 Å². The van der Waals surface area contributed by atoms with E-state index in [1.807, 2.05) is 0 Å². The van der Waals surface area contributed by atoms with Crippen LogP contribution in [0, 0.1) is 5.92 Å². The van der Waals surface area contributed by atoms with E-state index in [0.29, 0.717) is 35.8 Å². The number of halogens is 1. The van der Waals surface area contributed by atoms with Crippen molar-refractivity contribution in [3.05, 3.63) is 28.7 Å². The lowest BCUT2D eigenvalue weighted by Crippen LogP contribution is -2.41. The summed E-state index contributed by atoms with van der Waals surface area (Å²) in [5.41, 5.74) is 5.61. The minimum absolute atomic E-state index is 0.156. The van der Waals surface area contributed by atoms with E-state index in [2.05, 4.69) is 15.9 Å². The van der Waals surface area contributed by atoms with Gasteiger partial charge in [0.1, 0.15) is 0 Å². The molecule has 1 aromatic rings. The van der Waals surface area contributed by atoms with Gasteiger partial charge >= 0.3 is 0 Å². The van der Waals surface area contributed by atoms with Crippen molar-refractivity contribution < 1.29 is 8.42 Å². The maximum Gasteiger partial charge on any atom is 0.243 e. The van der Waals surface area contributed by atoms with Crippen molar-refractivity contribution in [2.24, 2.45) is 11.7 Å². The minimum atomic E-state index is -3.41. The van der Waals surface area contributed by atoms with Gasteiger partial charge in [0, 0.05) is 23.5 Å². The number of hydrogen-bond donors (Lipinski definition) is 1. The van der Waals surface area contributed by atoms with Crippen LogP contribution in [-0.4, -0.2) is 30.8 Å². The number of hydrogen-bond acceptors (Lipinski definition) is 3. The third kappa shape index (κ3) is 3.34. The van der Waals surface area contributed by atoms with E-state index in [9.17, 15) is 8.42 Å². The average molecular weight is 363 g/mol. The fraction of sp³-hybridized carbons (Fsp3) is 0.417. The molecule has 1 fully saturated rings. The Morgan fingerprint density at radius 3 is 2.53 bits per heavy atom. The molecule has 0 unspecified atom stereocenters. The van der Waals surface area contributed by atoms with Crippen LogP contribution in [0.15, 0.2) is 33.6 Å². The van der Waals surface area contributed by atoms with Gasteiger partial charge in [0.2, 0.25) is 10.0 Å². The second kappa shape index (κ2) is 5.87. The molecule has 0 aromatic heterocycles. The van der Waals surface area contributed by atoms with Crippen molar-refractivity contribution in [1.82, 2.24) is 4.31 Å². The normalized spacial score (nSPS) is 18.4. The molecule has 0 radical (unpaired) electrons. The van der Waals surface area contributed by atoms with Crippen LogP contribution in [0.1, 0.15) is 12.8 Å². The van der Waals surface area contributed by atoms with Gasteiger partial charge < -0.3 is 5.73 Å². The second-order valence-corrected chi connectivity index (χ2v) is 7.86. The number of nitrogens with two attached hydrogens (primary N) is 1. The average Bonchev–Trinajstić information content (AvgIpc) is 2.39. The molecule has 7 heteroatoms. The van der Waals surface area contributed by atoms with Crippen molar-refractivity contribution in [3.63, 3.8) is 0 Å². The lowest BCUT2D eigenvalue weighted by Gasteiger charge is -2.30. The summed E-state index contributed by atoms with van der Waals surface area (Å²) in [6.45, 7) is 0.938. The summed E-state index contributed by atoms with van der Waals surface area (Å²) in [6.07, 6.45) is 1.39. The Morgan fingerprint density at radius 2 is 2.00 bits per heavy atom. The van der Waals surface area contributed by atoms with Gasteiger partial charge in [-0.25, -0.2) is 8.42 Å². The van der Waals surface area contributed by atoms with Crippen molar-refractivity contribution in [1.29, 1.82) is 0 Å². The van der Waals surface area contributed by atoms with E-state index < -0.39 is 10.0 Å². The molecule has 2 N–H and O–H groups in total. The number of piperidine rings is 1. The first kappa shape index (κ1) is 14.9. The van der Waals surface area contributed by atoms with Crippen molar-refractivity contribution >= 4 is 43.2 Å². The first-order valence-corrected chi connectivity index (χ1v) is 8.60.